The van der Waals surface area contributed by atoms with Crippen LogP contribution < -0.4 is 5.32 Å². The largest absolute Gasteiger partial charge is 0.394 e. The van der Waals surface area contributed by atoms with E-state index in [1.807, 2.05) is 6.08 Å². The van der Waals surface area contributed by atoms with Crippen LogP contribution in [0.25, 0.3) is 0 Å². The molecule has 1 amide bonds. The third-order valence-electron chi connectivity index (χ3n) is 15.8. The Balaban J connectivity index is 2.18. The van der Waals surface area contributed by atoms with Gasteiger partial charge in [0.25, 0.3) is 0 Å². The van der Waals surface area contributed by atoms with E-state index < -0.39 is 49.5 Å². The van der Waals surface area contributed by atoms with Crippen molar-refractivity contribution in [1.29, 1.82) is 0 Å². The molecule has 7 unspecified atom stereocenters. The highest BCUT2D eigenvalue weighted by Crippen LogP contribution is 2.23. The number of hydrogen-bond donors (Lipinski definition) is 6. The van der Waals surface area contributed by atoms with Crippen LogP contribution in [0.5, 0.6) is 0 Å². The van der Waals surface area contributed by atoms with Gasteiger partial charge in [-0.25, -0.2) is 0 Å². The minimum atomic E-state index is -1.58. The Hall–Kier alpha value is -2.11. The lowest BCUT2D eigenvalue weighted by Crippen LogP contribution is -2.60. The van der Waals surface area contributed by atoms with E-state index in [0.29, 0.717) is 6.42 Å². The summed E-state index contributed by atoms with van der Waals surface area (Å²) in [6.07, 6.45) is 73.2. The molecule has 9 nitrogen and oxygen atoms in total. The molecule has 456 valence electrons. The van der Waals surface area contributed by atoms with E-state index >= 15 is 0 Å². The van der Waals surface area contributed by atoms with E-state index in [4.69, 9.17) is 9.47 Å². The Morgan fingerprint density at radius 1 is 0.436 bits per heavy atom. The first-order valence-corrected chi connectivity index (χ1v) is 33.5. The lowest BCUT2D eigenvalue weighted by atomic mass is 9.99. The Morgan fingerprint density at radius 2 is 0.769 bits per heavy atom. The summed E-state index contributed by atoms with van der Waals surface area (Å²) in [7, 11) is 0. The summed E-state index contributed by atoms with van der Waals surface area (Å²) in [5.74, 6) is -0.187. The highest BCUT2D eigenvalue weighted by atomic mass is 16.7. The number of ether oxygens (including phenoxy) is 2. The molecule has 9 heteroatoms. The second kappa shape index (κ2) is 58.1. The van der Waals surface area contributed by atoms with E-state index in [0.717, 1.165) is 51.4 Å². The smallest absolute Gasteiger partial charge is 0.220 e. The summed E-state index contributed by atoms with van der Waals surface area (Å²) in [6.45, 7) is 3.78. The molecule has 7 atom stereocenters. The fraction of sp³-hybridized carbons (Fsp3) is 0.841. The lowest BCUT2D eigenvalue weighted by molar-refractivity contribution is -0.302. The summed E-state index contributed by atoms with van der Waals surface area (Å²) in [6, 6.07) is -0.831. The monoisotopic (exact) mass is 1100 g/mol. The minimum absolute atomic E-state index is 0.187. The molecule has 1 rings (SSSR count). The van der Waals surface area contributed by atoms with E-state index in [9.17, 15) is 30.3 Å². The van der Waals surface area contributed by atoms with Crippen molar-refractivity contribution in [1.82, 2.24) is 5.32 Å². The molecular formula is C69H127NO8. The van der Waals surface area contributed by atoms with Gasteiger partial charge in [0.05, 0.1) is 25.4 Å². The number of aliphatic hydroxyl groups excluding tert-OH is 5. The standard InChI is InChI=1S/C69H127NO8/c1-3-5-7-9-11-13-15-17-19-21-23-25-27-29-31-32-33-35-37-39-41-43-45-47-49-51-53-55-57-59-65(73)70-62(61-77-69-68(76)67(75)66(74)64(60-71)78-69)63(72)58-56-54-52-50-48-46-44-42-40-38-36-34-30-28-26-24-22-20-18-16-14-12-10-8-6-4-2/h15,17,21,23,40,42,48,50,56,58,62-64,66-69,71-72,74-76H,3-14,16,18-20,22,24-39,41,43-47,49,51-55,57,59-61H2,1-2H3,(H,70,73)/b17-15-,23-21-,42-40+,50-48+,58-56+. The maximum atomic E-state index is 13.1. The van der Waals surface area contributed by atoms with Crippen molar-refractivity contribution in [3.05, 3.63) is 60.8 Å². The first-order valence-electron chi connectivity index (χ1n) is 33.5. The number of allylic oxidation sites excluding steroid dienone is 9. The number of amides is 1. The maximum Gasteiger partial charge on any atom is 0.220 e. The van der Waals surface area contributed by atoms with Crippen LogP contribution in [-0.2, 0) is 14.3 Å². The summed E-state index contributed by atoms with van der Waals surface area (Å²) in [4.78, 5) is 13.1. The maximum absolute atomic E-state index is 13.1. The average Bonchev–Trinajstić information content (AvgIpc) is 3.45. The fourth-order valence-electron chi connectivity index (χ4n) is 10.5. The van der Waals surface area contributed by atoms with Gasteiger partial charge in [-0.1, -0.05) is 293 Å². The van der Waals surface area contributed by atoms with E-state index in [-0.39, 0.29) is 12.5 Å². The van der Waals surface area contributed by atoms with E-state index in [1.54, 1.807) is 6.08 Å². The second-order valence-corrected chi connectivity index (χ2v) is 23.2. The zero-order valence-corrected chi connectivity index (χ0v) is 50.9. The molecule has 0 spiro atoms. The molecule has 1 heterocycles. The Morgan fingerprint density at radius 3 is 1.15 bits per heavy atom. The van der Waals surface area contributed by atoms with Crippen LogP contribution >= 0.6 is 0 Å². The average molecular weight is 1100 g/mol. The Bertz CT molecular complexity index is 1410. The van der Waals surface area contributed by atoms with Gasteiger partial charge in [-0.2, -0.15) is 0 Å². The SMILES string of the molecule is CCCCCCC/C=C\C/C=C\CCCCCCCCCCCCCCCCCCCC(=O)NC(COC1OC(CO)C(O)C(O)C1O)C(O)/C=C/CC/C=C/CC/C=C/CCCCCCCCCCCCCCCCCC. The van der Waals surface area contributed by atoms with Crippen LogP contribution in [0.1, 0.15) is 316 Å². The summed E-state index contributed by atoms with van der Waals surface area (Å²) in [5.41, 5.74) is 0. The molecule has 6 N–H and O–H groups in total. The predicted octanol–water partition coefficient (Wildman–Crippen LogP) is 17.8. The molecule has 78 heavy (non-hydrogen) atoms. The Kier molecular flexibility index (Phi) is 55.0. The van der Waals surface area contributed by atoms with Gasteiger partial charge in [0.2, 0.25) is 5.91 Å². The molecule has 0 aliphatic carbocycles. The van der Waals surface area contributed by atoms with Crippen molar-refractivity contribution in [3.8, 4) is 0 Å². The second-order valence-electron chi connectivity index (χ2n) is 23.2. The van der Waals surface area contributed by atoms with E-state index in [2.05, 4.69) is 67.8 Å². The van der Waals surface area contributed by atoms with Crippen LogP contribution in [0.2, 0.25) is 0 Å². The topological polar surface area (TPSA) is 149 Å². The minimum Gasteiger partial charge on any atom is -0.394 e. The molecule has 1 saturated heterocycles. The molecular weight excluding hydrogens is 971 g/mol. The molecule has 0 bridgehead atoms. The number of hydrogen-bond acceptors (Lipinski definition) is 8. The molecule has 1 fully saturated rings. The van der Waals surface area contributed by atoms with Crippen molar-refractivity contribution in [2.24, 2.45) is 0 Å². The van der Waals surface area contributed by atoms with Crippen molar-refractivity contribution < 1.29 is 39.8 Å². The van der Waals surface area contributed by atoms with Gasteiger partial charge >= 0.3 is 0 Å². The van der Waals surface area contributed by atoms with Gasteiger partial charge < -0.3 is 40.3 Å². The van der Waals surface area contributed by atoms with Gasteiger partial charge in [-0.3, -0.25) is 4.79 Å². The molecule has 0 aromatic carbocycles. The third-order valence-corrected chi connectivity index (χ3v) is 15.8. The predicted molar refractivity (Wildman–Crippen MR) is 332 cm³/mol. The highest BCUT2D eigenvalue weighted by Gasteiger charge is 2.44. The molecule has 0 aromatic heterocycles. The van der Waals surface area contributed by atoms with Gasteiger partial charge in [-0.05, 0) is 77.0 Å². The number of rotatable bonds is 58. The highest BCUT2D eigenvalue weighted by molar-refractivity contribution is 5.76. The summed E-state index contributed by atoms with van der Waals surface area (Å²) < 4.78 is 11.3. The van der Waals surface area contributed by atoms with Gasteiger partial charge in [-0.15, -0.1) is 0 Å². The van der Waals surface area contributed by atoms with Crippen molar-refractivity contribution >= 4 is 5.91 Å². The van der Waals surface area contributed by atoms with Crippen molar-refractivity contribution in [2.45, 2.75) is 358 Å². The first kappa shape index (κ1) is 73.9. The zero-order chi connectivity index (χ0) is 56.5. The zero-order valence-electron chi connectivity index (χ0n) is 50.9. The molecule has 0 radical (unpaired) electrons. The third kappa shape index (κ3) is 46.5. The summed E-state index contributed by atoms with van der Waals surface area (Å²) in [5, 5.41) is 54.7. The number of carbonyl (C=O) groups excluding carboxylic acids is 1. The summed E-state index contributed by atoms with van der Waals surface area (Å²) >= 11 is 0. The number of carbonyl (C=O) groups is 1. The molecule has 0 aromatic rings. The van der Waals surface area contributed by atoms with Crippen LogP contribution in [0, 0.1) is 0 Å². The van der Waals surface area contributed by atoms with Crippen LogP contribution in [-0.4, -0.2) is 87.5 Å². The first-order chi connectivity index (χ1) is 38.3. The fourth-order valence-corrected chi connectivity index (χ4v) is 10.5. The normalized spacial score (nSPS) is 19.0. The number of unbranched alkanes of at least 4 members (excludes halogenated alkanes) is 40. The lowest BCUT2D eigenvalue weighted by Gasteiger charge is -2.40. The Labute approximate surface area is 481 Å². The van der Waals surface area contributed by atoms with Crippen LogP contribution in [0.3, 0.4) is 0 Å². The van der Waals surface area contributed by atoms with Crippen molar-refractivity contribution in [3.63, 3.8) is 0 Å². The molecule has 1 aliphatic rings. The number of nitrogens with one attached hydrogen (secondary N) is 1. The van der Waals surface area contributed by atoms with E-state index in [1.165, 1.54) is 244 Å². The molecule has 1 aliphatic heterocycles. The van der Waals surface area contributed by atoms with Gasteiger partial charge in [0.1, 0.15) is 24.4 Å². The molecule has 0 saturated carbocycles. The van der Waals surface area contributed by atoms with Crippen molar-refractivity contribution in [2.75, 3.05) is 13.2 Å². The van der Waals surface area contributed by atoms with Crippen LogP contribution in [0.15, 0.2) is 60.8 Å². The van der Waals surface area contributed by atoms with Gasteiger partial charge in [0.15, 0.2) is 6.29 Å². The van der Waals surface area contributed by atoms with Gasteiger partial charge in [0, 0.05) is 6.42 Å². The van der Waals surface area contributed by atoms with Crippen LogP contribution in [0.4, 0.5) is 0 Å². The number of aliphatic hydroxyl groups is 5. The quantitative estimate of drug-likeness (QED) is 0.0261.